The lowest BCUT2D eigenvalue weighted by Gasteiger charge is -2.10. The van der Waals surface area contributed by atoms with E-state index < -0.39 is 24.0 Å². The fourth-order valence-electron chi connectivity index (χ4n) is 3.64. The highest BCUT2D eigenvalue weighted by Crippen LogP contribution is 2.23. The van der Waals surface area contributed by atoms with Crippen molar-refractivity contribution in [3.05, 3.63) is 140 Å². The topological polar surface area (TPSA) is 192 Å². The van der Waals surface area contributed by atoms with Gasteiger partial charge in [-0.1, -0.05) is 83.9 Å². The minimum Gasteiger partial charge on any atom is -0.480 e. The Balaban J connectivity index is 0.000000280. The van der Waals surface area contributed by atoms with Gasteiger partial charge in [0.25, 0.3) is 0 Å². The van der Waals surface area contributed by atoms with Crippen LogP contribution in [0.15, 0.2) is 97.1 Å². The second-order valence-corrected chi connectivity index (χ2v) is 9.44. The number of ketones is 2. The molecule has 0 saturated carbocycles. The normalized spacial score (nSPS) is 11.6. The van der Waals surface area contributed by atoms with Crippen molar-refractivity contribution < 1.29 is 34.9 Å². The molecular weight excluding hydrogens is 571 g/mol. The van der Waals surface area contributed by atoms with Crippen molar-refractivity contribution in [1.82, 2.24) is 0 Å². The van der Waals surface area contributed by atoms with Gasteiger partial charge in [0.05, 0.1) is 0 Å². The van der Waals surface area contributed by atoms with Crippen LogP contribution in [0.25, 0.3) is 0 Å². The average Bonchev–Trinajstić information content (AvgIpc) is 2.96. The molecule has 0 bridgehead atoms. The molecule has 4 rings (SSSR count). The first kappa shape index (κ1) is 32.8. The fraction of sp³-hybridized carbons (Fsp3) is 0.0667. The van der Waals surface area contributed by atoms with Crippen LogP contribution in [0.4, 0.5) is 0 Å². The number of hydrogen-bond acceptors (Lipinski definition) is 6. The second-order valence-electron chi connectivity index (χ2n) is 8.57. The van der Waals surface area contributed by atoms with Crippen molar-refractivity contribution in [2.24, 2.45) is 11.5 Å². The summed E-state index contributed by atoms with van der Waals surface area (Å²) in [5, 5.41) is 18.4. The number of carbonyl (C=O) groups is 4. The molecule has 11 heteroatoms. The Bertz CT molecular complexity index is 1430. The number of carbonyl (C=O) groups excluding carboxylic acids is 2. The summed E-state index contributed by atoms with van der Waals surface area (Å²) in [6.45, 7) is 0. The minimum atomic E-state index is -1.21. The number of rotatable bonds is 8. The molecular formula is C30H26Cl2N2O7. The molecule has 0 aliphatic heterocycles. The van der Waals surface area contributed by atoms with Crippen LogP contribution < -0.4 is 11.5 Å². The van der Waals surface area contributed by atoms with Gasteiger partial charge in [0.2, 0.25) is 0 Å². The fourth-order valence-corrected chi connectivity index (χ4v) is 4.13. The first-order valence-corrected chi connectivity index (χ1v) is 12.5. The number of benzene rings is 4. The lowest BCUT2D eigenvalue weighted by Crippen LogP contribution is -2.21. The molecule has 0 aromatic heterocycles. The first-order valence-electron chi connectivity index (χ1n) is 11.7. The first-order chi connectivity index (χ1) is 19.0. The van der Waals surface area contributed by atoms with Crippen molar-refractivity contribution in [3.63, 3.8) is 0 Å². The predicted octanol–water partition coefficient (Wildman–Crippen LogP) is 4.49. The molecule has 4 aromatic rings. The van der Waals surface area contributed by atoms with Crippen LogP contribution in [-0.2, 0) is 9.59 Å². The number of halogens is 2. The number of aliphatic carboxylic acids is 2. The van der Waals surface area contributed by atoms with Crippen molar-refractivity contribution in [3.8, 4) is 0 Å². The highest BCUT2D eigenvalue weighted by atomic mass is 35.5. The molecule has 4 aromatic carbocycles. The summed E-state index contributed by atoms with van der Waals surface area (Å²) < 4.78 is 0. The zero-order valence-electron chi connectivity index (χ0n) is 21.3. The maximum atomic E-state index is 12.3. The quantitative estimate of drug-likeness (QED) is 0.214. The summed E-state index contributed by atoms with van der Waals surface area (Å²) in [7, 11) is 0. The molecule has 0 fully saturated rings. The largest absolute Gasteiger partial charge is 0.480 e. The van der Waals surface area contributed by atoms with E-state index in [-0.39, 0.29) is 27.1 Å². The minimum absolute atomic E-state index is 0. The van der Waals surface area contributed by atoms with Crippen LogP contribution >= 0.6 is 23.2 Å². The number of carboxylic acids is 2. The molecule has 9 nitrogen and oxygen atoms in total. The molecule has 41 heavy (non-hydrogen) atoms. The monoisotopic (exact) mass is 596 g/mol. The van der Waals surface area contributed by atoms with Crippen LogP contribution in [0.2, 0.25) is 10.0 Å². The van der Waals surface area contributed by atoms with E-state index in [1.54, 1.807) is 60.7 Å². The third-order valence-corrected chi connectivity index (χ3v) is 6.12. The van der Waals surface area contributed by atoms with Gasteiger partial charge in [-0.3, -0.25) is 19.2 Å². The van der Waals surface area contributed by atoms with E-state index in [2.05, 4.69) is 0 Å². The van der Waals surface area contributed by atoms with Crippen LogP contribution in [0.5, 0.6) is 0 Å². The molecule has 0 aliphatic rings. The number of nitrogens with two attached hydrogens (primary N) is 2. The molecule has 0 amide bonds. The van der Waals surface area contributed by atoms with Crippen LogP contribution in [0.3, 0.4) is 0 Å². The van der Waals surface area contributed by atoms with E-state index in [9.17, 15) is 19.2 Å². The van der Waals surface area contributed by atoms with Crippen molar-refractivity contribution in [2.45, 2.75) is 12.1 Å². The maximum Gasteiger partial charge on any atom is 0.325 e. The van der Waals surface area contributed by atoms with E-state index in [1.165, 1.54) is 36.4 Å². The summed E-state index contributed by atoms with van der Waals surface area (Å²) in [5.74, 6) is -2.81. The molecule has 212 valence electrons. The van der Waals surface area contributed by atoms with Crippen LogP contribution in [0.1, 0.15) is 55.1 Å². The molecule has 2 unspecified atom stereocenters. The highest BCUT2D eigenvalue weighted by molar-refractivity contribution is 6.31. The summed E-state index contributed by atoms with van der Waals surface area (Å²) in [6, 6.07) is 23.7. The van der Waals surface area contributed by atoms with Crippen molar-refractivity contribution in [2.75, 3.05) is 0 Å². The number of hydrogen-bond donors (Lipinski definition) is 4. The van der Waals surface area contributed by atoms with Crippen molar-refractivity contribution >= 4 is 46.7 Å². The average molecular weight is 597 g/mol. The summed E-state index contributed by atoms with van der Waals surface area (Å²) >= 11 is 11.9. The number of carboxylic acid groups (broad SMARTS) is 2. The maximum absolute atomic E-state index is 12.3. The van der Waals surface area contributed by atoms with E-state index in [4.69, 9.17) is 44.9 Å². The molecule has 2 atom stereocenters. The Hall–Kier alpha value is -4.38. The zero-order valence-corrected chi connectivity index (χ0v) is 22.8. The SMILES string of the molecule is NC(C(=O)O)c1cc(Cl)cc(C(=O)c2ccccc2)c1.NC(C(=O)O)c1cc(Cl)cc(C(=O)c2ccccc2)c1.O. The Morgan fingerprint density at radius 2 is 0.854 bits per heavy atom. The smallest absolute Gasteiger partial charge is 0.325 e. The Kier molecular flexibility index (Phi) is 11.9. The van der Waals surface area contributed by atoms with Gasteiger partial charge in [0.15, 0.2) is 11.6 Å². The third kappa shape index (κ3) is 8.81. The summed E-state index contributed by atoms with van der Waals surface area (Å²) in [6.07, 6.45) is 0. The van der Waals surface area contributed by atoms with Gasteiger partial charge in [0, 0.05) is 32.3 Å². The van der Waals surface area contributed by atoms with Gasteiger partial charge in [-0.2, -0.15) is 0 Å². The lowest BCUT2D eigenvalue weighted by molar-refractivity contribution is -0.139. The lowest BCUT2D eigenvalue weighted by atomic mass is 9.99. The Labute approximate surface area is 245 Å². The molecule has 0 heterocycles. The van der Waals surface area contributed by atoms with Crippen LogP contribution in [0, 0.1) is 0 Å². The van der Waals surface area contributed by atoms with Gasteiger partial charge < -0.3 is 27.2 Å². The second kappa shape index (κ2) is 14.8. The Morgan fingerprint density at radius 1 is 0.537 bits per heavy atom. The predicted molar refractivity (Wildman–Crippen MR) is 155 cm³/mol. The molecule has 0 spiro atoms. The van der Waals surface area contributed by atoms with E-state index in [1.807, 2.05) is 0 Å². The summed E-state index contributed by atoms with van der Waals surface area (Å²) in [5.41, 5.74) is 13.3. The van der Waals surface area contributed by atoms with Gasteiger partial charge >= 0.3 is 11.9 Å². The highest BCUT2D eigenvalue weighted by Gasteiger charge is 2.19. The zero-order chi connectivity index (χ0) is 29.4. The molecule has 0 radical (unpaired) electrons. The third-order valence-electron chi connectivity index (χ3n) is 5.69. The molecule has 0 aliphatic carbocycles. The van der Waals surface area contributed by atoms with Crippen LogP contribution in [-0.4, -0.2) is 39.2 Å². The molecule has 8 N–H and O–H groups in total. The van der Waals surface area contributed by atoms with E-state index in [0.29, 0.717) is 33.4 Å². The van der Waals surface area contributed by atoms with E-state index >= 15 is 0 Å². The van der Waals surface area contributed by atoms with Gasteiger partial charge in [-0.25, -0.2) is 0 Å². The van der Waals surface area contributed by atoms with E-state index in [0.717, 1.165) is 0 Å². The standard InChI is InChI=1S/2C15H12ClNO3.H2O/c2*16-12-7-10(13(17)15(19)20)6-11(8-12)14(18)9-4-2-1-3-5-9;/h2*1-8,13H,17H2,(H,19,20);1H2. The van der Waals surface area contributed by atoms with Gasteiger partial charge in [-0.05, 0) is 47.5 Å². The van der Waals surface area contributed by atoms with Crippen molar-refractivity contribution in [1.29, 1.82) is 0 Å². The van der Waals surface area contributed by atoms with Gasteiger partial charge in [0.1, 0.15) is 12.1 Å². The Morgan fingerprint density at radius 3 is 1.15 bits per heavy atom. The van der Waals surface area contributed by atoms with Gasteiger partial charge in [-0.15, -0.1) is 0 Å². The molecule has 0 saturated heterocycles. The summed E-state index contributed by atoms with van der Waals surface area (Å²) in [4.78, 5) is 46.4.